The van der Waals surface area contributed by atoms with Crippen molar-refractivity contribution in [1.29, 1.82) is 0 Å². The number of allylic oxidation sites excluding steroid dienone is 1. The van der Waals surface area contributed by atoms with Crippen molar-refractivity contribution in [2.75, 3.05) is 0 Å². The lowest BCUT2D eigenvalue weighted by atomic mass is 10.0. The molecular formula is C17H16F3NO. The molecule has 0 aliphatic rings. The van der Waals surface area contributed by atoms with E-state index in [9.17, 15) is 18.0 Å². The largest absolute Gasteiger partial charge is 0.416 e. The molecule has 116 valence electrons. The van der Waals surface area contributed by atoms with Gasteiger partial charge in [0.1, 0.15) is 0 Å². The fraction of sp³-hybridized carbons (Fsp3) is 0.235. The number of alkyl halides is 3. The van der Waals surface area contributed by atoms with Crippen molar-refractivity contribution in [2.45, 2.75) is 25.6 Å². The zero-order valence-electron chi connectivity index (χ0n) is 11.9. The number of rotatable bonds is 6. The minimum atomic E-state index is -4.46. The summed E-state index contributed by atoms with van der Waals surface area (Å²) in [5, 5.41) is 0. The van der Waals surface area contributed by atoms with Crippen LogP contribution in [0.15, 0.2) is 55.3 Å². The van der Waals surface area contributed by atoms with E-state index >= 15 is 0 Å². The van der Waals surface area contributed by atoms with Gasteiger partial charge >= 0.3 is 6.18 Å². The zero-order chi connectivity index (χ0) is 16.2. The average molecular weight is 307 g/mol. The first-order chi connectivity index (χ1) is 10.4. The lowest BCUT2D eigenvalue weighted by molar-refractivity contribution is -0.137. The Morgan fingerprint density at radius 3 is 2.68 bits per heavy atom. The van der Waals surface area contributed by atoms with Gasteiger partial charge in [-0.3, -0.25) is 4.79 Å². The fourth-order valence-electron chi connectivity index (χ4n) is 2.21. The molecule has 22 heavy (non-hydrogen) atoms. The highest BCUT2D eigenvalue weighted by Crippen LogP contribution is 2.30. The topological polar surface area (TPSA) is 22.0 Å². The Hall–Kier alpha value is -2.30. The number of carbonyl (C=O) groups is 1. The van der Waals surface area contributed by atoms with Gasteiger partial charge in [0.05, 0.1) is 11.3 Å². The third-order valence-corrected chi connectivity index (χ3v) is 3.32. The van der Waals surface area contributed by atoms with Crippen LogP contribution in [0.25, 0.3) is 0 Å². The molecular weight excluding hydrogens is 291 g/mol. The minimum absolute atomic E-state index is 0.0403. The van der Waals surface area contributed by atoms with E-state index in [4.69, 9.17) is 0 Å². The van der Waals surface area contributed by atoms with Crippen molar-refractivity contribution < 1.29 is 18.0 Å². The van der Waals surface area contributed by atoms with Crippen LogP contribution in [-0.2, 0) is 12.7 Å². The summed E-state index contributed by atoms with van der Waals surface area (Å²) >= 11 is 0. The Bertz CT molecular complexity index is 671. The number of nitrogens with zero attached hydrogens (tertiary/aromatic N) is 1. The van der Waals surface area contributed by atoms with Gasteiger partial charge in [-0.05, 0) is 37.1 Å². The van der Waals surface area contributed by atoms with Gasteiger partial charge in [-0.1, -0.05) is 18.2 Å². The van der Waals surface area contributed by atoms with E-state index in [1.165, 1.54) is 12.1 Å². The molecule has 0 saturated heterocycles. The summed E-state index contributed by atoms with van der Waals surface area (Å²) < 4.78 is 40.0. The van der Waals surface area contributed by atoms with Crippen LogP contribution in [0.1, 0.15) is 34.5 Å². The molecule has 0 atom stereocenters. The third-order valence-electron chi connectivity index (χ3n) is 3.32. The summed E-state index contributed by atoms with van der Waals surface area (Å²) in [5.41, 5.74) is -0.384. The molecule has 0 radical (unpaired) electrons. The third kappa shape index (κ3) is 3.67. The highest BCUT2D eigenvalue weighted by molar-refractivity contribution is 6.08. The molecule has 1 aromatic heterocycles. The highest BCUT2D eigenvalue weighted by atomic mass is 19.4. The Balaban J connectivity index is 2.25. The maximum atomic E-state index is 12.7. The molecule has 0 N–H and O–H groups in total. The number of hydrogen-bond donors (Lipinski definition) is 0. The Morgan fingerprint density at radius 2 is 2.00 bits per heavy atom. The van der Waals surface area contributed by atoms with Gasteiger partial charge < -0.3 is 4.57 Å². The predicted octanol–water partition coefficient (Wildman–Crippen LogP) is 4.70. The second kappa shape index (κ2) is 6.64. The molecule has 0 saturated carbocycles. The molecule has 2 rings (SSSR count). The summed E-state index contributed by atoms with van der Waals surface area (Å²) in [6.45, 7) is 4.26. The Labute approximate surface area is 126 Å². The van der Waals surface area contributed by atoms with Crippen LogP contribution in [-0.4, -0.2) is 10.4 Å². The van der Waals surface area contributed by atoms with Crippen LogP contribution in [0.5, 0.6) is 0 Å². The van der Waals surface area contributed by atoms with Gasteiger partial charge in [-0.2, -0.15) is 13.2 Å². The molecule has 0 aliphatic carbocycles. The quantitative estimate of drug-likeness (QED) is 0.430. The van der Waals surface area contributed by atoms with Crippen LogP contribution in [0.4, 0.5) is 13.2 Å². The second-order valence-corrected chi connectivity index (χ2v) is 4.93. The van der Waals surface area contributed by atoms with Crippen LogP contribution < -0.4 is 0 Å². The van der Waals surface area contributed by atoms with Gasteiger partial charge in [0.2, 0.25) is 5.78 Å². The second-order valence-electron chi connectivity index (χ2n) is 4.93. The molecule has 0 fully saturated rings. The van der Waals surface area contributed by atoms with E-state index in [-0.39, 0.29) is 5.56 Å². The first kappa shape index (κ1) is 16.1. The normalized spacial score (nSPS) is 11.4. The number of ketones is 1. The van der Waals surface area contributed by atoms with Crippen LogP contribution in [0.3, 0.4) is 0 Å². The fourth-order valence-corrected chi connectivity index (χ4v) is 2.21. The van der Waals surface area contributed by atoms with E-state index in [2.05, 4.69) is 6.58 Å². The number of carbonyl (C=O) groups excluding carboxylic acids is 1. The van der Waals surface area contributed by atoms with Gasteiger partial charge in [0, 0.05) is 18.3 Å². The monoisotopic (exact) mass is 307 g/mol. The maximum absolute atomic E-state index is 12.7. The van der Waals surface area contributed by atoms with Gasteiger partial charge in [-0.25, -0.2) is 0 Å². The summed E-state index contributed by atoms with van der Waals surface area (Å²) in [7, 11) is 0. The van der Waals surface area contributed by atoms with Gasteiger partial charge in [0.15, 0.2) is 0 Å². The van der Waals surface area contributed by atoms with Crippen LogP contribution in [0.2, 0.25) is 0 Å². The van der Waals surface area contributed by atoms with Crippen molar-refractivity contribution in [1.82, 2.24) is 4.57 Å². The SMILES string of the molecule is C=CCCCn1cccc1C(=O)c1cccc(C(F)(F)F)c1. The number of aromatic nitrogens is 1. The van der Waals surface area contributed by atoms with Crippen LogP contribution in [0, 0.1) is 0 Å². The first-order valence-corrected chi connectivity index (χ1v) is 6.91. The molecule has 5 heteroatoms. The first-order valence-electron chi connectivity index (χ1n) is 6.91. The smallest absolute Gasteiger partial charge is 0.345 e. The van der Waals surface area contributed by atoms with Gasteiger partial charge in [-0.15, -0.1) is 6.58 Å². The predicted molar refractivity (Wildman–Crippen MR) is 78.7 cm³/mol. The van der Waals surface area contributed by atoms with Crippen molar-refractivity contribution in [3.05, 3.63) is 72.1 Å². The number of aryl methyl sites for hydroxylation is 1. The summed E-state index contributed by atoms with van der Waals surface area (Å²) in [4.78, 5) is 12.4. The molecule has 2 aromatic rings. The lowest BCUT2D eigenvalue weighted by Crippen LogP contribution is -2.12. The zero-order valence-corrected chi connectivity index (χ0v) is 11.9. The van der Waals surface area contributed by atoms with E-state index in [0.717, 1.165) is 25.0 Å². The number of hydrogen-bond acceptors (Lipinski definition) is 1. The Morgan fingerprint density at radius 1 is 1.23 bits per heavy atom. The summed E-state index contributed by atoms with van der Waals surface area (Å²) in [6.07, 6.45) is 0.723. The van der Waals surface area contributed by atoms with E-state index < -0.39 is 17.5 Å². The van der Waals surface area contributed by atoms with E-state index in [0.29, 0.717) is 12.2 Å². The average Bonchev–Trinajstić information content (AvgIpc) is 2.94. The molecule has 0 spiro atoms. The molecule has 0 bridgehead atoms. The minimum Gasteiger partial charge on any atom is -0.345 e. The number of unbranched alkanes of at least 4 members (excludes halogenated alkanes) is 1. The molecule has 0 amide bonds. The van der Waals surface area contributed by atoms with Crippen LogP contribution >= 0.6 is 0 Å². The number of benzene rings is 1. The van der Waals surface area contributed by atoms with E-state index in [1.54, 1.807) is 29.0 Å². The highest BCUT2D eigenvalue weighted by Gasteiger charge is 2.31. The standard InChI is InChI=1S/C17H16F3NO/c1-2-3-4-10-21-11-6-9-15(21)16(22)13-7-5-8-14(12-13)17(18,19)20/h2,5-9,11-12H,1,3-4,10H2. The molecule has 0 unspecified atom stereocenters. The molecule has 2 nitrogen and oxygen atoms in total. The van der Waals surface area contributed by atoms with Crippen molar-refractivity contribution in [3.63, 3.8) is 0 Å². The molecule has 1 aromatic carbocycles. The van der Waals surface area contributed by atoms with Crippen molar-refractivity contribution >= 4 is 5.78 Å². The molecule has 1 heterocycles. The van der Waals surface area contributed by atoms with Crippen molar-refractivity contribution in [2.24, 2.45) is 0 Å². The maximum Gasteiger partial charge on any atom is 0.416 e. The van der Waals surface area contributed by atoms with Crippen molar-refractivity contribution in [3.8, 4) is 0 Å². The summed E-state index contributed by atoms with van der Waals surface area (Å²) in [6, 6.07) is 7.84. The summed E-state index contributed by atoms with van der Waals surface area (Å²) in [5.74, 6) is -0.408. The number of halogens is 3. The van der Waals surface area contributed by atoms with E-state index in [1.807, 2.05) is 0 Å². The molecule has 0 aliphatic heterocycles. The van der Waals surface area contributed by atoms with Gasteiger partial charge in [0.25, 0.3) is 0 Å². The Kier molecular flexibility index (Phi) is 4.85. The lowest BCUT2D eigenvalue weighted by Gasteiger charge is -2.10.